The molecular formula is C19H18NNaO5S. The fraction of sp³-hybridized carbons (Fsp3) is 0.211. The molecule has 0 spiro atoms. The van der Waals surface area contributed by atoms with Crippen molar-refractivity contribution in [2.45, 2.75) is 24.8 Å². The number of aliphatic carboxylic acids is 1. The fourth-order valence-electron chi connectivity index (χ4n) is 2.10. The number of carboxylic acids is 1. The summed E-state index contributed by atoms with van der Waals surface area (Å²) < 4.78 is 5.05. The van der Waals surface area contributed by atoms with Crippen LogP contribution in [-0.2, 0) is 20.9 Å². The number of rotatable bonds is 7. The summed E-state index contributed by atoms with van der Waals surface area (Å²) in [5.74, 6) is -1.37. The topological polar surface area (TPSA) is 95.5 Å². The van der Waals surface area contributed by atoms with E-state index in [1.165, 1.54) is 6.92 Å². The zero-order valence-corrected chi connectivity index (χ0v) is 17.9. The Bertz CT molecular complexity index is 757. The Balaban J connectivity index is 0.00000364. The molecule has 0 heterocycles. The number of alkyl carbamates (subject to hydrolysis) is 1. The second-order valence-corrected chi connectivity index (χ2v) is 6.58. The number of hydrogen-bond acceptors (Lipinski definition) is 6. The number of benzene rings is 2. The van der Waals surface area contributed by atoms with E-state index in [9.17, 15) is 19.5 Å². The number of carbonyl (C=O) groups is 3. The van der Waals surface area contributed by atoms with E-state index in [0.29, 0.717) is 17.3 Å². The Labute approximate surface area is 184 Å². The summed E-state index contributed by atoms with van der Waals surface area (Å²) >= 11 is 0.599. The summed E-state index contributed by atoms with van der Waals surface area (Å²) in [7, 11) is 0. The number of ether oxygens (including phenoxy) is 1. The third-order valence-electron chi connectivity index (χ3n) is 3.45. The van der Waals surface area contributed by atoms with Crippen LogP contribution in [0.25, 0.3) is 0 Å². The smallest absolute Gasteiger partial charge is 0.549 e. The molecule has 0 radical (unpaired) electrons. The van der Waals surface area contributed by atoms with Crippen molar-refractivity contribution in [3.8, 4) is 0 Å². The van der Waals surface area contributed by atoms with E-state index in [-0.39, 0.29) is 36.2 Å². The molecule has 0 aliphatic heterocycles. The van der Waals surface area contributed by atoms with E-state index < -0.39 is 28.5 Å². The van der Waals surface area contributed by atoms with Gasteiger partial charge < -0.3 is 20.0 Å². The first-order chi connectivity index (χ1) is 12.5. The van der Waals surface area contributed by atoms with Crippen LogP contribution in [0.1, 0.15) is 23.3 Å². The molecule has 0 aromatic heterocycles. The molecule has 1 amide bonds. The molecule has 6 nitrogen and oxygen atoms in total. The van der Waals surface area contributed by atoms with E-state index in [1.807, 2.05) is 30.3 Å². The summed E-state index contributed by atoms with van der Waals surface area (Å²) in [4.78, 5) is 35.4. The Hall–Kier alpha value is -1.80. The van der Waals surface area contributed by atoms with Crippen LogP contribution in [0, 0.1) is 0 Å². The monoisotopic (exact) mass is 395 g/mol. The van der Waals surface area contributed by atoms with Crippen LogP contribution in [0.2, 0.25) is 0 Å². The van der Waals surface area contributed by atoms with Crippen LogP contribution >= 0.6 is 11.8 Å². The Kier molecular flexibility index (Phi) is 10.2. The number of thioether (sulfide) groups is 1. The average molecular weight is 395 g/mol. The van der Waals surface area contributed by atoms with Gasteiger partial charge in [0.15, 0.2) is 0 Å². The van der Waals surface area contributed by atoms with Crippen LogP contribution in [0.4, 0.5) is 4.79 Å². The van der Waals surface area contributed by atoms with Crippen LogP contribution in [-0.4, -0.2) is 23.2 Å². The van der Waals surface area contributed by atoms with Crippen LogP contribution in [0.3, 0.4) is 0 Å². The molecule has 2 aromatic rings. The van der Waals surface area contributed by atoms with Gasteiger partial charge >= 0.3 is 35.7 Å². The molecule has 0 unspecified atom stereocenters. The van der Waals surface area contributed by atoms with Gasteiger partial charge in [0.25, 0.3) is 0 Å². The largest absolute Gasteiger partial charge is 1.00 e. The normalized spacial score (nSPS) is 12.2. The number of hydrogen-bond donors (Lipinski definition) is 1. The molecule has 0 aliphatic rings. The van der Waals surface area contributed by atoms with E-state index in [2.05, 4.69) is 5.32 Å². The predicted molar refractivity (Wildman–Crippen MR) is 96.0 cm³/mol. The average Bonchev–Trinajstić information content (AvgIpc) is 2.65. The minimum atomic E-state index is -1.37. The molecule has 2 aromatic carbocycles. The molecule has 0 bridgehead atoms. The predicted octanol–water partition coefficient (Wildman–Crippen LogP) is -0.944. The van der Waals surface area contributed by atoms with Gasteiger partial charge in [0, 0.05) is 0 Å². The standard InChI is InChI=1S/C19H19NO5S.Na/c1-13(20-19(24)25-12-14-8-4-2-5-9-14)18(23)26-16(17(21)22)15-10-6-3-7-11-15;/h2-11,13,16H,12H2,1H3,(H,20,24)(H,21,22);/q;+1/p-1/t13-,16+;/m1./s1. The van der Waals surface area contributed by atoms with E-state index in [1.54, 1.807) is 30.3 Å². The molecule has 0 fully saturated rings. The van der Waals surface area contributed by atoms with Crippen LogP contribution in [0.5, 0.6) is 0 Å². The second kappa shape index (κ2) is 11.8. The van der Waals surface area contributed by atoms with Crippen molar-refractivity contribution < 1.29 is 53.8 Å². The van der Waals surface area contributed by atoms with Gasteiger partial charge in [-0.2, -0.15) is 0 Å². The van der Waals surface area contributed by atoms with Crippen molar-refractivity contribution >= 4 is 28.9 Å². The Morgan fingerprint density at radius 2 is 1.59 bits per heavy atom. The van der Waals surface area contributed by atoms with Gasteiger partial charge in [-0.1, -0.05) is 72.4 Å². The SMILES string of the molecule is C[C@@H](NC(=O)OCc1ccccc1)C(=O)S[C@H](C(=O)[O-])c1ccccc1.[Na+]. The summed E-state index contributed by atoms with van der Waals surface area (Å²) in [6, 6.07) is 16.5. The quantitative estimate of drug-likeness (QED) is 0.608. The molecule has 1 N–H and O–H groups in total. The molecule has 2 atom stereocenters. The minimum Gasteiger partial charge on any atom is -0.549 e. The first kappa shape index (κ1) is 23.2. The summed E-state index contributed by atoms with van der Waals surface area (Å²) in [6.45, 7) is 1.54. The van der Waals surface area contributed by atoms with Gasteiger partial charge in [-0.3, -0.25) is 4.79 Å². The van der Waals surface area contributed by atoms with Gasteiger partial charge in [-0.05, 0) is 18.1 Å². The summed E-state index contributed by atoms with van der Waals surface area (Å²) in [5.41, 5.74) is 1.27. The van der Waals surface area contributed by atoms with Gasteiger partial charge in [0.1, 0.15) is 6.61 Å². The van der Waals surface area contributed by atoms with Gasteiger partial charge in [-0.15, -0.1) is 0 Å². The molecule has 2 rings (SSSR count). The van der Waals surface area contributed by atoms with Gasteiger partial charge in [0.2, 0.25) is 5.12 Å². The zero-order chi connectivity index (χ0) is 18.9. The molecule has 136 valence electrons. The maximum absolute atomic E-state index is 12.2. The van der Waals surface area contributed by atoms with E-state index >= 15 is 0 Å². The molecule has 0 saturated heterocycles. The fourth-order valence-corrected chi connectivity index (χ4v) is 2.98. The van der Waals surface area contributed by atoms with Gasteiger partial charge in [-0.25, -0.2) is 4.79 Å². The van der Waals surface area contributed by atoms with E-state index in [0.717, 1.165) is 5.56 Å². The third-order valence-corrected chi connectivity index (χ3v) is 4.74. The first-order valence-corrected chi connectivity index (χ1v) is 8.79. The van der Waals surface area contributed by atoms with Crippen molar-refractivity contribution in [3.63, 3.8) is 0 Å². The molecule has 27 heavy (non-hydrogen) atoms. The third kappa shape index (κ3) is 7.76. The molecule has 0 saturated carbocycles. The summed E-state index contributed by atoms with van der Waals surface area (Å²) in [6.07, 6.45) is -0.750. The van der Waals surface area contributed by atoms with Crippen LogP contribution < -0.4 is 40.0 Å². The number of carbonyl (C=O) groups excluding carboxylic acids is 3. The number of amides is 1. The van der Waals surface area contributed by atoms with Crippen molar-refractivity contribution in [1.82, 2.24) is 5.32 Å². The first-order valence-electron chi connectivity index (χ1n) is 7.91. The zero-order valence-electron chi connectivity index (χ0n) is 15.1. The minimum absolute atomic E-state index is 0. The Morgan fingerprint density at radius 1 is 1.04 bits per heavy atom. The summed E-state index contributed by atoms with van der Waals surface area (Å²) in [5, 5.41) is 12.1. The van der Waals surface area contributed by atoms with E-state index in [4.69, 9.17) is 4.74 Å². The van der Waals surface area contributed by atoms with Crippen molar-refractivity contribution in [1.29, 1.82) is 0 Å². The van der Waals surface area contributed by atoms with Crippen molar-refractivity contribution in [3.05, 3.63) is 71.8 Å². The van der Waals surface area contributed by atoms with Crippen molar-refractivity contribution in [2.75, 3.05) is 0 Å². The maximum Gasteiger partial charge on any atom is 1.00 e. The number of carboxylic acid groups (broad SMARTS) is 1. The van der Waals surface area contributed by atoms with Gasteiger partial charge in [0.05, 0.1) is 17.3 Å². The molecular weight excluding hydrogens is 377 g/mol. The number of nitrogens with one attached hydrogen (secondary N) is 1. The Morgan fingerprint density at radius 3 is 2.15 bits per heavy atom. The molecule has 0 aliphatic carbocycles. The van der Waals surface area contributed by atoms with Crippen molar-refractivity contribution in [2.24, 2.45) is 0 Å². The maximum atomic E-state index is 12.2. The second-order valence-electron chi connectivity index (χ2n) is 5.47. The molecule has 8 heteroatoms. The van der Waals surface area contributed by atoms with Crippen LogP contribution in [0.15, 0.2) is 60.7 Å².